The molecule has 0 bridgehead atoms. The number of halogens is 1. The zero-order valence-corrected chi connectivity index (χ0v) is 22.1. The predicted molar refractivity (Wildman–Crippen MR) is 148 cm³/mol. The van der Waals surface area contributed by atoms with Crippen LogP contribution in [0.2, 0.25) is 0 Å². The van der Waals surface area contributed by atoms with Crippen molar-refractivity contribution in [3.8, 4) is 0 Å². The minimum atomic E-state index is -2.17. The van der Waals surface area contributed by atoms with Crippen LogP contribution in [0.1, 0.15) is 10.6 Å². The van der Waals surface area contributed by atoms with E-state index >= 15 is 0 Å². The van der Waals surface area contributed by atoms with Crippen LogP contribution in [0.4, 0.5) is 0 Å². The molecular weight excluding hydrogens is 493 g/mol. The van der Waals surface area contributed by atoms with E-state index in [1.54, 1.807) is 0 Å². The van der Waals surface area contributed by atoms with Crippen LogP contribution < -0.4 is 33.8 Å². The number of hydrogen-bond donors (Lipinski definition) is 0. The van der Waals surface area contributed by atoms with Crippen LogP contribution in [0.15, 0.2) is 126 Å². The monoisotopic (exact) mass is 517 g/mol. The zero-order chi connectivity index (χ0) is 22.5. The molecular formula is C29H25ClNPS2. The van der Waals surface area contributed by atoms with E-state index in [1.807, 2.05) is 23.1 Å². The number of aryl methyl sites for hydroxylation is 1. The van der Waals surface area contributed by atoms with Gasteiger partial charge in [0.2, 0.25) is 5.44 Å². The second-order valence-electron chi connectivity index (χ2n) is 7.80. The molecule has 1 aromatic heterocycles. The number of nitrogens with zero attached hydrogens (tertiary/aromatic N) is 1. The van der Waals surface area contributed by atoms with Crippen LogP contribution >= 0.6 is 30.4 Å². The molecule has 34 heavy (non-hydrogen) atoms. The van der Waals surface area contributed by atoms with Crippen molar-refractivity contribution in [2.45, 2.75) is 16.9 Å². The number of thiazole rings is 1. The normalized spacial score (nSPS) is 11.1. The average Bonchev–Trinajstić information content (AvgIpc) is 3.26. The number of thioether (sulfide) groups is 1. The molecule has 0 aliphatic carbocycles. The van der Waals surface area contributed by atoms with Crippen molar-refractivity contribution in [2.75, 3.05) is 0 Å². The smallest absolute Gasteiger partial charge is 0.223 e. The molecule has 0 aliphatic heterocycles. The molecule has 0 unspecified atom stereocenters. The van der Waals surface area contributed by atoms with Gasteiger partial charge in [0, 0.05) is 5.75 Å². The fourth-order valence-corrected chi connectivity index (χ4v) is 11.5. The van der Waals surface area contributed by atoms with Gasteiger partial charge in [-0.25, -0.2) is 4.98 Å². The van der Waals surface area contributed by atoms with Crippen molar-refractivity contribution in [1.29, 1.82) is 0 Å². The minimum Gasteiger partial charge on any atom is -1.00 e. The molecule has 0 amide bonds. The summed E-state index contributed by atoms with van der Waals surface area (Å²) in [4.78, 5) is 5.27. The van der Waals surface area contributed by atoms with Crippen molar-refractivity contribution in [3.63, 3.8) is 0 Å². The first-order chi connectivity index (χ1) is 16.3. The standard InChI is InChI=1S/C29H25NPS2.ClH/c1-23-30-28(29(33-23)32-22-24-14-6-2-7-15-24)31(25-16-8-3-9-17-25,26-18-10-4-11-19-26)27-20-12-5-13-21-27;/h2-21H,22H2,1H3;1H/q+1;/p-1. The Morgan fingerprint density at radius 2 is 1.06 bits per heavy atom. The fraction of sp³-hybridized carbons (Fsp3) is 0.0690. The Morgan fingerprint density at radius 1 is 0.647 bits per heavy atom. The molecule has 0 saturated carbocycles. The summed E-state index contributed by atoms with van der Waals surface area (Å²) in [7, 11) is -2.17. The first kappa shape index (κ1) is 24.7. The lowest BCUT2D eigenvalue weighted by molar-refractivity contribution is -0.00000641. The SMILES string of the molecule is Cc1nc([P+](c2ccccc2)(c2ccccc2)c2ccccc2)c(SCc2ccccc2)s1.[Cl-]. The molecule has 4 aromatic carbocycles. The molecule has 170 valence electrons. The van der Waals surface area contributed by atoms with E-state index in [-0.39, 0.29) is 12.4 Å². The van der Waals surface area contributed by atoms with E-state index in [4.69, 9.17) is 4.98 Å². The summed E-state index contributed by atoms with van der Waals surface area (Å²) in [5.41, 5.74) is 2.57. The van der Waals surface area contributed by atoms with Gasteiger partial charge < -0.3 is 12.4 Å². The summed E-state index contributed by atoms with van der Waals surface area (Å²) in [6.45, 7) is 2.14. The van der Waals surface area contributed by atoms with Crippen molar-refractivity contribution in [3.05, 3.63) is 132 Å². The first-order valence-electron chi connectivity index (χ1n) is 11.0. The minimum absolute atomic E-state index is 0. The maximum Gasteiger partial charge on any atom is 0.223 e. The van der Waals surface area contributed by atoms with Crippen molar-refractivity contribution >= 4 is 51.7 Å². The van der Waals surface area contributed by atoms with Gasteiger partial charge in [-0.2, -0.15) is 0 Å². The summed E-state index contributed by atoms with van der Waals surface area (Å²) in [5, 5.41) is 5.14. The fourth-order valence-electron chi connectivity index (χ4n) is 4.20. The van der Waals surface area contributed by atoms with E-state index < -0.39 is 7.26 Å². The van der Waals surface area contributed by atoms with Crippen LogP contribution in [0.5, 0.6) is 0 Å². The summed E-state index contributed by atoms with van der Waals surface area (Å²) < 4.78 is 1.32. The van der Waals surface area contributed by atoms with Crippen LogP contribution in [-0.2, 0) is 5.75 Å². The van der Waals surface area contributed by atoms with Gasteiger partial charge in [0.05, 0.1) is 5.01 Å². The Kier molecular flexibility index (Phi) is 8.24. The predicted octanol–water partition coefficient (Wildman–Crippen LogP) is 3.37. The molecule has 1 nitrogen and oxygen atoms in total. The van der Waals surface area contributed by atoms with Gasteiger partial charge in [-0.05, 0) is 48.9 Å². The third-order valence-corrected chi connectivity index (χ3v) is 12.4. The highest BCUT2D eigenvalue weighted by Crippen LogP contribution is 2.56. The van der Waals surface area contributed by atoms with Crippen LogP contribution in [0.25, 0.3) is 0 Å². The van der Waals surface area contributed by atoms with Crippen LogP contribution in [0, 0.1) is 6.92 Å². The summed E-state index contributed by atoms with van der Waals surface area (Å²) in [5.74, 6) is 0.938. The van der Waals surface area contributed by atoms with Gasteiger partial charge in [-0.1, -0.05) is 84.9 Å². The second kappa shape index (κ2) is 11.3. The molecule has 0 atom stereocenters. The van der Waals surface area contributed by atoms with Gasteiger partial charge >= 0.3 is 0 Å². The molecule has 5 aromatic rings. The Balaban J connectivity index is 0.00000274. The highest BCUT2D eigenvalue weighted by atomic mass is 35.5. The van der Waals surface area contributed by atoms with E-state index in [9.17, 15) is 0 Å². The van der Waals surface area contributed by atoms with Crippen molar-refractivity contribution in [2.24, 2.45) is 0 Å². The van der Waals surface area contributed by atoms with E-state index in [2.05, 4.69) is 128 Å². The zero-order valence-electron chi connectivity index (χ0n) is 18.8. The van der Waals surface area contributed by atoms with Crippen LogP contribution in [0.3, 0.4) is 0 Å². The molecule has 5 rings (SSSR count). The Hall–Kier alpha value is -2.42. The van der Waals surface area contributed by atoms with Gasteiger partial charge in [0.1, 0.15) is 20.1 Å². The Labute approximate surface area is 217 Å². The molecule has 0 N–H and O–H groups in total. The lowest BCUT2D eigenvalue weighted by atomic mass is 10.2. The third kappa shape index (κ3) is 4.85. The maximum absolute atomic E-state index is 5.27. The van der Waals surface area contributed by atoms with E-state index in [0.29, 0.717) is 0 Å². The number of benzene rings is 4. The van der Waals surface area contributed by atoms with E-state index in [1.165, 1.54) is 31.1 Å². The molecule has 0 aliphatic rings. The number of hydrogen-bond acceptors (Lipinski definition) is 3. The summed E-state index contributed by atoms with van der Waals surface area (Å²) in [6.07, 6.45) is 0. The molecule has 0 spiro atoms. The second-order valence-corrected chi connectivity index (χ2v) is 13.6. The quantitative estimate of drug-likeness (QED) is 0.242. The average molecular weight is 518 g/mol. The van der Waals surface area contributed by atoms with Crippen LogP contribution in [-0.4, -0.2) is 4.98 Å². The first-order valence-corrected chi connectivity index (χ1v) is 14.6. The van der Waals surface area contributed by atoms with Gasteiger partial charge in [-0.15, -0.1) is 23.1 Å². The highest BCUT2D eigenvalue weighted by Gasteiger charge is 2.51. The Morgan fingerprint density at radius 3 is 1.50 bits per heavy atom. The maximum atomic E-state index is 5.27. The number of aromatic nitrogens is 1. The summed E-state index contributed by atoms with van der Waals surface area (Å²) >= 11 is 3.74. The molecule has 5 heteroatoms. The summed E-state index contributed by atoms with van der Waals surface area (Å²) in [6, 6.07) is 43.7. The topological polar surface area (TPSA) is 12.9 Å². The van der Waals surface area contributed by atoms with E-state index in [0.717, 1.165) is 10.8 Å². The van der Waals surface area contributed by atoms with Gasteiger partial charge in [0.15, 0.2) is 7.26 Å². The molecule has 0 saturated heterocycles. The largest absolute Gasteiger partial charge is 1.00 e. The molecule has 0 radical (unpaired) electrons. The van der Waals surface area contributed by atoms with Crippen molar-refractivity contribution in [1.82, 2.24) is 4.98 Å². The third-order valence-electron chi connectivity index (χ3n) is 5.65. The van der Waals surface area contributed by atoms with Gasteiger partial charge in [0.25, 0.3) is 0 Å². The molecule has 1 heterocycles. The molecule has 0 fully saturated rings. The number of rotatable bonds is 7. The van der Waals surface area contributed by atoms with Gasteiger partial charge in [-0.3, -0.25) is 0 Å². The Bertz CT molecular complexity index is 1210. The lowest BCUT2D eigenvalue weighted by Crippen LogP contribution is -3.00. The lowest BCUT2D eigenvalue weighted by Gasteiger charge is -2.26. The van der Waals surface area contributed by atoms with Crippen molar-refractivity contribution < 1.29 is 12.4 Å². The highest BCUT2D eigenvalue weighted by molar-refractivity contribution is 8.05.